The number of halogens is 7. The van der Waals surface area contributed by atoms with Gasteiger partial charge in [0.15, 0.2) is 5.78 Å². The molecule has 0 aromatic heterocycles. The average molecular weight is 321 g/mol. The van der Waals surface area contributed by atoms with E-state index in [2.05, 4.69) is 0 Å². The number of carbonyl (C=O) groups excluding carboxylic acids is 1. The van der Waals surface area contributed by atoms with Crippen LogP contribution in [0.2, 0.25) is 0 Å². The molecule has 0 spiro atoms. The Kier molecular flexibility index (Phi) is 4.40. The summed E-state index contributed by atoms with van der Waals surface area (Å²) in [5.74, 6) is -1.68. The number of ketones is 1. The Balaban J connectivity index is 3.27. The van der Waals surface area contributed by atoms with Crippen LogP contribution in [0.25, 0.3) is 0 Å². The molecule has 0 aliphatic rings. The van der Waals surface area contributed by atoms with Crippen LogP contribution in [-0.2, 0) is 0 Å². The van der Waals surface area contributed by atoms with Crippen molar-refractivity contribution < 1.29 is 36.2 Å². The molecule has 0 radical (unpaired) electrons. The zero-order valence-corrected chi connectivity index (χ0v) is 10.2. The number of hydrogen-bond acceptors (Lipinski definition) is 2. The van der Waals surface area contributed by atoms with Gasteiger partial charge < -0.3 is 5.11 Å². The fraction of sp³-hybridized carbons (Fsp3) is 0.364. The van der Waals surface area contributed by atoms with E-state index < -0.39 is 34.7 Å². The van der Waals surface area contributed by atoms with E-state index in [4.69, 9.17) is 16.7 Å². The summed E-state index contributed by atoms with van der Waals surface area (Å²) in [6.45, 7) is 0. The molecule has 9 heteroatoms. The maximum absolute atomic E-state index is 12.5. The molecular weight excluding hydrogens is 314 g/mol. The van der Waals surface area contributed by atoms with E-state index in [0.29, 0.717) is 0 Å². The van der Waals surface area contributed by atoms with Crippen molar-refractivity contribution in [1.29, 1.82) is 0 Å². The van der Waals surface area contributed by atoms with Crippen LogP contribution in [0.5, 0.6) is 0 Å². The molecule has 1 N–H and O–H groups in total. The Hall–Kier alpha value is -1.28. The van der Waals surface area contributed by atoms with Gasteiger partial charge in [-0.3, -0.25) is 4.79 Å². The molecule has 0 heterocycles. The number of hydrogen-bond donors (Lipinski definition) is 1. The van der Waals surface area contributed by atoms with Crippen LogP contribution in [0.1, 0.15) is 10.4 Å². The van der Waals surface area contributed by atoms with E-state index in [1.165, 1.54) is 18.2 Å². The summed E-state index contributed by atoms with van der Waals surface area (Å²) in [6.07, 6.45) is -12.3. The molecule has 1 unspecified atom stereocenters. The first kappa shape index (κ1) is 16.8. The molecule has 1 rings (SSSR count). The smallest absolute Gasteiger partial charge is 0.372 e. The van der Waals surface area contributed by atoms with Gasteiger partial charge in [-0.2, -0.15) is 26.3 Å². The molecular formula is C11H7ClF6O2. The van der Waals surface area contributed by atoms with Gasteiger partial charge in [-0.1, -0.05) is 30.3 Å². The molecule has 20 heavy (non-hydrogen) atoms. The van der Waals surface area contributed by atoms with Crippen molar-refractivity contribution in [2.75, 3.05) is 0 Å². The molecule has 0 saturated carbocycles. The first-order valence-electron chi connectivity index (χ1n) is 5.02. The lowest BCUT2D eigenvalue weighted by molar-refractivity contribution is -0.364. The summed E-state index contributed by atoms with van der Waals surface area (Å²) in [5, 5.41) is 5.74. The van der Waals surface area contributed by atoms with Crippen LogP contribution in [-0.4, -0.2) is 34.2 Å². The molecule has 0 aliphatic heterocycles. The highest BCUT2D eigenvalue weighted by atomic mass is 35.5. The van der Waals surface area contributed by atoms with Crippen molar-refractivity contribution in [1.82, 2.24) is 0 Å². The van der Waals surface area contributed by atoms with Gasteiger partial charge in [0, 0.05) is 5.56 Å². The van der Waals surface area contributed by atoms with E-state index in [1.807, 2.05) is 0 Å². The fourth-order valence-electron chi connectivity index (χ4n) is 1.39. The SMILES string of the molecule is O=C(c1ccccc1)C(Cl)C(O)(C(F)(F)F)C(F)(F)F. The van der Waals surface area contributed by atoms with Crippen LogP contribution in [0.4, 0.5) is 26.3 Å². The summed E-state index contributed by atoms with van der Waals surface area (Å²) in [5.41, 5.74) is -5.80. The standard InChI is InChI=1S/C11H7ClF6O2/c12-8(7(19)6-4-2-1-3-5-6)9(20,10(13,14)15)11(16,17)18/h1-5,8,20H. The molecule has 1 aromatic carbocycles. The quantitative estimate of drug-likeness (QED) is 0.527. The van der Waals surface area contributed by atoms with Gasteiger partial charge in [0.05, 0.1) is 0 Å². The predicted molar refractivity (Wildman–Crippen MR) is 57.5 cm³/mol. The minimum atomic E-state index is -6.15. The summed E-state index contributed by atoms with van der Waals surface area (Å²) in [4.78, 5) is 11.6. The summed E-state index contributed by atoms with van der Waals surface area (Å²) in [7, 11) is 0. The van der Waals surface area contributed by atoms with Gasteiger partial charge in [0.25, 0.3) is 5.60 Å². The minimum absolute atomic E-state index is 0.473. The summed E-state index contributed by atoms with van der Waals surface area (Å²) >= 11 is 5.00. The predicted octanol–water partition coefficient (Wildman–Crippen LogP) is 3.33. The third-order valence-corrected chi connectivity index (χ3v) is 3.03. The van der Waals surface area contributed by atoms with Crippen LogP contribution in [0.3, 0.4) is 0 Å². The van der Waals surface area contributed by atoms with Gasteiger partial charge in [0.2, 0.25) is 0 Å². The Morgan fingerprint density at radius 3 is 1.75 bits per heavy atom. The van der Waals surface area contributed by atoms with Gasteiger partial charge in [-0.15, -0.1) is 11.6 Å². The number of alkyl halides is 7. The summed E-state index contributed by atoms with van der Waals surface area (Å²) < 4.78 is 75.1. The topological polar surface area (TPSA) is 37.3 Å². The number of benzene rings is 1. The zero-order valence-electron chi connectivity index (χ0n) is 9.47. The number of rotatable bonds is 3. The van der Waals surface area contributed by atoms with Crippen LogP contribution < -0.4 is 0 Å². The van der Waals surface area contributed by atoms with Crippen molar-refractivity contribution in [3.8, 4) is 0 Å². The maximum atomic E-state index is 12.5. The third kappa shape index (κ3) is 2.76. The molecule has 0 aliphatic carbocycles. The number of aliphatic hydroxyl groups is 1. The lowest BCUT2D eigenvalue weighted by atomic mass is 9.92. The maximum Gasteiger partial charge on any atom is 0.428 e. The molecule has 0 amide bonds. The molecule has 1 atom stereocenters. The van der Waals surface area contributed by atoms with E-state index in [9.17, 15) is 31.1 Å². The van der Waals surface area contributed by atoms with Crippen LogP contribution in [0.15, 0.2) is 30.3 Å². The lowest BCUT2D eigenvalue weighted by Crippen LogP contribution is -2.64. The zero-order chi connectivity index (χ0) is 15.8. The largest absolute Gasteiger partial charge is 0.428 e. The number of Topliss-reactive ketones (excluding diaryl/α,β-unsaturated/α-hetero) is 1. The van der Waals surface area contributed by atoms with E-state index in [1.54, 1.807) is 0 Å². The van der Waals surface area contributed by atoms with Crippen molar-refractivity contribution in [2.24, 2.45) is 0 Å². The van der Waals surface area contributed by atoms with Crippen molar-refractivity contribution in [3.05, 3.63) is 35.9 Å². The Bertz CT molecular complexity index is 468. The fourth-order valence-corrected chi connectivity index (χ4v) is 1.76. The van der Waals surface area contributed by atoms with Crippen LogP contribution >= 0.6 is 11.6 Å². The normalized spacial score (nSPS) is 15.0. The van der Waals surface area contributed by atoms with Crippen molar-refractivity contribution >= 4 is 17.4 Å². The second-order valence-electron chi connectivity index (χ2n) is 3.85. The molecule has 0 fully saturated rings. The molecule has 1 aromatic rings. The van der Waals surface area contributed by atoms with Crippen molar-refractivity contribution in [3.63, 3.8) is 0 Å². The second kappa shape index (κ2) is 5.25. The van der Waals surface area contributed by atoms with Gasteiger partial charge in [-0.05, 0) is 0 Å². The monoisotopic (exact) mass is 320 g/mol. The Morgan fingerprint density at radius 1 is 1.00 bits per heavy atom. The van der Waals surface area contributed by atoms with Gasteiger partial charge >= 0.3 is 12.4 Å². The minimum Gasteiger partial charge on any atom is -0.372 e. The van der Waals surface area contributed by atoms with Crippen molar-refractivity contribution in [2.45, 2.75) is 23.3 Å². The number of carbonyl (C=O) groups is 1. The highest BCUT2D eigenvalue weighted by Crippen LogP contribution is 2.47. The highest BCUT2D eigenvalue weighted by molar-refractivity contribution is 6.35. The molecule has 2 nitrogen and oxygen atoms in total. The van der Waals surface area contributed by atoms with Crippen LogP contribution in [0, 0.1) is 0 Å². The van der Waals surface area contributed by atoms with E-state index in [-0.39, 0.29) is 0 Å². The third-order valence-electron chi connectivity index (χ3n) is 2.52. The molecule has 0 saturated heterocycles. The first-order chi connectivity index (χ1) is 8.93. The average Bonchev–Trinajstić information content (AvgIpc) is 2.34. The molecule has 112 valence electrons. The van der Waals surface area contributed by atoms with Gasteiger partial charge in [-0.25, -0.2) is 0 Å². The summed E-state index contributed by atoms with van der Waals surface area (Å²) in [6, 6.07) is 5.85. The lowest BCUT2D eigenvalue weighted by Gasteiger charge is -2.34. The highest BCUT2D eigenvalue weighted by Gasteiger charge is 2.75. The first-order valence-corrected chi connectivity index (χ1v) is 5.45. The van der Waals surface area contributed by atoms with Gasteiger partial charge in [0.1, 0.15) is 5.38 Å². The Morgan fingerprint density at radius 2 is 1.40 bits per heavy atom. The Labute approximate surface area is 114 Å². The van der Waals surface area contributed by atoms with E-state index >= 15 is 0 Å². The van der Waals surface area contributed by atoms with E-state index in [0.717, 1.165) is 12.1 Å². The molecule has 0 bridgehead atoms. The second-order valence-corrected chi connectivity index (χ2v) is 4.29.